The molecule has 1 atom stereocenters. The van der Waals surface area contributed by atoms with Gasteiger partial charge in [-0.2, -0.15) is 13.2 Å². The van der Waals surface area contributed by atoms with Gasteiger partial charge in [0.1, 0.15) is 0 Å². The topological polar surface area (TPSA) is 0 Å². The van der Waals surface area contributed by atoms with Crippen molar-refractivity contribution in [2.24, 2.45) is 0 Å². The number of rotatable bonds is 1. The highest BCUT2D eigenvalue weighted by molar-refractivity contribution is 9.10. The average Bonchev–Trinajstić information content (AvgIpc) is 2.01. The molecule has 1 aromatic carbocycles. The van der Waals surface area contributed by atoms with Crippen LogP contribution < -0.4 is 0 Å². The molecule has 1 rings (SSSR count). The lowest BCUT2D eigenvalue weighted by atomic mass is 10.1. The van der Waals surface area contributed by atoms with Crippen LogP contribution in [-0.4, -0.2) is 0 Å². The molecule has 78 valence electrons. The van der Waals surface area contributed by atoms with Crippen molar-refractivity contribution in [3.05, 3.63) is 33.8 Å². The van der Waals surface area contributed by atoms with Crippen LogP contribution in [0, 0.1) is 0 Å². The minimum absolute atomic E-state index is 0.384. The van der Waals surface area contributed by atoms with Crippen molar-refractivity contribution in [1.29, 1.82) is 0 Å². The first-order valence-corrected chi connectivity index (χ1v) is 5.05. The van der Waals surface area contributed by atoms with E-state index in [0.717, 1.165) is 12.1 Å². The highest BCUT2D eigenvalue weighted by Crippen LogP contribution is 2.34. The third kappa shape index (κ3) is 2.89. The Morgan fingerprint density at radius 1 is 1.29 bits per heavy atom. The molecule has 0 fully saturated rings. The van der Waals surface area contributed by atoms with Gasteiger partial charge in [0, 0.05) is 4.47 Å². The summed E-state index contributed by atoms with van der Waals surface area (Å²) in [6, 6.07) is 3.66. The molecule has 1 unspecified atom stereocenters. The smallest absolute Gasteiger partial charge is 0.166 e. The van der Waals surface area contributed by atoms with Crippen LogP contribution in [0.4, 0.5) is 13.2 Å². The fourth-order valence-corrected chi connectivity index (χ4v) is 1.64. The largest absolute Gasteiger partial charge is 0.416 e. The van der Waals surface area contributed by atoms with Crippen LogP contribution in [0.3, 0.4) is 0 Å². The van der Waals surface area contributed by atoms with E-state index in [9.17, 15) is 13.2 Å². The van der Waals surface area contributed by atoms with E-state index in [-0.39, 0.29) is 0 Å². The summed E-state index contributed by atoms with van der Waals surface area (Å²) < 4.78 is 37.4. The van der Waals surface area contributed by atoms with Gasteiger partial charge < -0.3 is 0 Å². The monoisotopic (exact) mass is 286 g/mol. The number of benzene rings is 1. The zero-order valence-corrected chi connectivity index (χ0v) is 9.54. The van der Waals surface area contributed by atoms with Crippen molar-refractivity contribution in [3.63, 3.8) is 0 Å². The molecule has 0 aliphatic rings. The second kappa shape index (κ2) is 4.11. The highest BCUT2D eigenvalue weighted by atomic mass is 79.9. The summed E-state index contributed by atoms with van der Waals surface area (Å²) >= 11 is 8.72. The van der Waals surface area contributed by atoms with E-state index in [1.165, 1.54) is 0 Å². The third-order valence-electron chi connectivity index (χ3n) is 1.71. The third-order valence-corrected chi connectivity index (χ3v) is 2.42. The Morgan fingerprint density at radius 2 is 1.86 bits per heavy atom. The van der Waals surface area contributed by atoms with Gasteiger partial charge in [-0.15, -0.1) is 11.6 Å². The molecule has 0 saturated carbocycles. The van der Waals surface area contributed by atoms with Crippen molar-refractivity contribution < 1.29 is 13.2 Å². The summed E-state index contributed by atoms with van der Waals surface area (Å²) in [5.74, 6) is 0. The fraction of sp³-hybridized carbons (Fsp3) is 0.333. The van der Waals surface area contributed by atoms with Gasteiger partial charge in [0.15, 0.2) is 0 Å². The molecule has 0 spiro atoms. The number of halogens is 5. The second-order valence-corrected chi connectivity index (χ2v) is 4.46. The van der Waals surface area contributed by atoms with Crippen LogP contribution in [0.5, 0.6) is 0 Å². The molecule has 0 saturated heterocycles. The summed E-state index contributed by atoms with van der Waals surface area (Å²) in [7, 11) is 0. The predicted octanol–water partition coefficient (Wildman–Crippen LogP) is 4.77. The molecule has 0 N–H and O–H groups in total. The minimum Gasteiger partial charge on any atom is -0.166 e. The van der Waals surface area contributed by atoms with Crippen molar-refractivity contribution in [2.45, 2.75) is 18.5 Å². The van der Waals surface area contributed by atoms with E-state index in [0.29, 0.717) is 10.0 Å². The Bertz CT molecular complexity index is 333. The van der Waals surface area contributed by atoms with E-state index in [4.69, 9.17) is 11.6 Å². The van der Waals surface area contributed by atoms with Gasteiger partial charge in [-0.3, -0.25) is 0 Å². The zero-order valence-electron chi connectivity index (χ0n) is 7.20. The quantitative estimate of drug-likeness (QED) is 0.653. The molecular formula is C9H7BrClF3. The second-order valence-electron chi connectivity index (χ2n) is 2.89. The molecule has 0 amide bonds. The van der Waals surface area contributed by atoms with Crippen LogP contribution in [0.25, 0.3) is 0 Å². The summed E-state index contributed by atoms with van der Waals surface area (Å²) in [6.07, 6.45) is -4.33. The predicted molar refractivity (Wildman–Crippen MR) is 53.4 cm³/mol. The summed E-state index contributed by atoms with van der Waals surface area (Å²) in [4.78, 5) is 0. The van der Waals surface area contributed by atoms with Crippen molar-refractivity contribution in [1.82, 2.24) is 0 Å². The van der Waals surface area contributed by atoms with Crippen molar-refractivity contribution in [3.8, 4) is 0 Å². The molecular weight excluding hydrogens is 280 g/mol. The lowest BCUT2D eigenvalue weighted by molar-refractivity contribution is -0.137. The minimum atomic E-state index is -4.33. The van der Waals surface area contributed by atoms with Gasteiger partial charge in [-0.05, 0) is 30.7 Å². The van der Waals surface area contributed by atoms with E-state index < -0.39 is 17.1 Å². The molecule has 14 heavy (non-hydrogen) atoms. The Balaban J connectivity index is 3.21. The molecule has 0 aromatic heterocycles. The maximum atomic E-state index is 12.3. The molecule has 0 radical (unpaired) electrons. The molecule has 0 bridgehead atoms. The van der Waals surface area contributed by atoms with Crippen LogP contribution in [-0.2, 0) is 6.18 Å². The van der Waals surface area contributed by atoms with Crippen LogP contribution in [0.2, 0.25) is 0 Å². The first-order chi connectivity index (χ1) is 6.30. The van der Waals surface area contributed by atoms with Gasteiger partial charge in [0.2, 0.25) is 0 Å². The Labute approximate surface area is 93.2 Å². The molecule has 0 nitrogen and oxygen atoms in total. The molecule has 1 aromatic rings. The van der Waals surface area contributed by atoms with Crippen LogP contribution in [0.1, 0.15) is 23.4 Å². The van der Waals surface area contributed by atoms with Crippen molar-refractivity contribution in [2.75, 3.05) is 0 Å². The van der Waals surface area contributed by atoms with Gasteiger partial charge in [0.05, 0.1) is 10.9 Å². The molecule has 0 heterocycles. The molecule has 0 aliphatic carbocycles. The van der Waals surface area contributed by atoms with E-state index >= 15 is 0 Å². The first-order valence-electron chi connectivity index (χ1n) is 3.82. The maximum Gasteiger partial charge on any atom is 0.416 e. The fourth-order valence-electron chi connectivity index (χ4n) is 1.01. The average molecular weight is 288 g/mol. The molecule has 0 aliphatic heterocycles. The van der Waals surface area contributed by atoms with Crippen LogP contribution in [0.15, 0.2) is 22.7 Å². The molecule has 5 heteroatoms. The van der Waals surface area contributed by atoms with Crippen molar-refractivity contribution >= 4 is 27.5 Å². The zero-order chi connectivity index (χ0) is 10.9. The Kier molecular flexibility index (Phi) is 3.48. The number of alkyl halides is 4. The Hall–Kier alpha value is -0.220. The normalized spacial score (nSPS) is 14.1. The van der Waals surface area contributed by atoms with E-state index in [1.807, 2.05) is 0 Å². The number of hydrogen-bond donors (Lipinski definition) is 0. The van der Waals surface area contributed by atoms with Gasteiger partial charge in [-0.1, -0.05) is 15.9 Å². The van der Waals surface area contributed by atoms with Crippen LogP contribution >= 0.6 is 27.5 Å². The summed E-state index contributed by atoms with van der Waals surface area (Å²) in [6.45, 7) is 1.63. The summed E-state index contributed by atoms with van der Waals surface area (Å²) in [5.41, 5.74) is -0.234. The SMILES string of the molecule is CC(Cl)c1cc(Br)cc(C(F)(F)F)c1. The lowest BCUT2D eigenvalue weighted by Crippen LogP contribution is -2.05. The van der Waals surface area contributed by atoms with Gasteiger partial charge in [-0.25, -0.2) is 0 Å². The maximum absolute atomic E-state index is 12.3. The van der Waals surface area contributed by atoms with E-state index in [2.05, 4.69) is 15.9 Å². The Morgan fingerprint density at radius 3 is 2.29 bits per heavy atom. The van der Waals surface area contributed by atoms with Gasteiger partial charge in [0.25, 0.3) is 0 Å². The lowest BCUT2D eigenvalue weighted by Gasteiger charge is -2.10. The van der Waals surface area contributed by atoms with Gasteiger partial charge >= 0.3 is 6.18 Å². The van der Waals surface area contributed by atoms with E-state index in [1.54, 1.807) is 13.0 Å². The highest BCUT2D eigenvalue weighted by Gasteiger charge is 2.31. The standard InChI is InChI=1S/C9H7BrClF3/c1-5(11)6-2-7(9(12,13)14)4-8(10)3-6/h2-5H,1H3. The number of hydrogen-bond acceptors (Lipinski definition) is 0. The summed E-state index contributed by atoms with van der Waals surface area (Å²) in [5, 5.41) is -0.436. The first kappa shape index (κ1) is 11.9.